The van der Waals surface area contributed by atoms with Gasteiger partial charge in [-0.3, -0.25) is 0 Å². The van der Waals surface area contributed by atoms with Crippen molar-refractivity contribution in [1.29, 1.82) is 0 Å². The van der Waals surface area contributed by atoms with Gasteiger partial charge in [0, 0.05) is 0 Å². The van der Waals surface area contributed by atoms with Crippen molar-refractivity contribution >= 4 is 19.4 Å². The number of rotatable bonds is 4. The Morgan fingerprint density at radius 2 is 1.88 bits per heavy atom. The van der Waals surface area contributed by atoms with E-state index in [0.29, 0.717) is 15.0 Å². The molecule has 0 N–H and O–H groups in total. The van der Waals surface area contributed by atoms with Gasteiger partial charge in [0.2, 0.25) is 0 Å². The summed E-state index contributed by atoms with van der Waals surface area (Å²) in [4.78, 5) is 0. The molecule has 0 aliphatic carbocycles. The molecule has 1 nitrogen and oxygen atoms in total. The van der Waals surface area contributed by atoms with Crippen LogP contribution in [0.3, 0.4) is 0 Å². The Balaban J connectivity index is 2.08. The van der Waals surface area contributed by atoms with Crippen LogP contribution < -0.4 is 4.46 Å². The van der Waals surface area contributed by atoms with E-state index in [0.717, 1.165) is 19.4 Å². The summed E-state index contributed by atoms with van der Waals surface area (Å²) in [6, 6.07) is 10.7. The summed E-state index contributed by atoms with van der Waals surface area (Å²) in [6.45, 7) is 5.24. The molecule has 0 saturated heterocycles. The minimum absolute atomic E-state index is 0.0336. The molecule has 0 amide bonds. The van der Waals surface area contributed by atoms with Crippen LogP contribution >= 0.6 is 0 Å². The van der Waals surface area contributed by atoms with Gasteiger partial charge >= 0.3 is 104 Å². The molecular formula is C14H18OSe. The van der Waals surface area contributed by atoms with Crippen LogP contribution in [0.5, 0.6) is 0 Å². The van der Waals surface area contributed by atoms with Crippen molar-refractivity contribution in [3.05, 3.63) is 40.9 Å². The van der Waals surface area contributed by atoms with Crippen LogP contribution in [-0.2, 0) is 4.74 Å². The molecule has 0 unspecified atom stereocenters. The second kappa shape index (κ2) is 5.18. The predicted molar refractivity (Wildman–Crippen MR) is 69.2 cm³/mol. The van der Waals surface area contributed by atoms with Crippen molar-refractivity contribution in [3.8, 4) is 0 Å². The van der Waals surface area contributed by atoms with Gasteiger partial charge in [-0.1, -0.05) is 0 Å². The van der Waals surface area contributed by atoms with Crippen molar-refractivity contribution in [1.82, 2.24) is 0 Å². The quantitative estimate of drug-likeness (QED) is 0.770. The van der Waals surface area contributed by atoms with E-state index >= 15 is 0 Å². The summed E-state index contributed by atoms with van der Waals surface area (Å²) in [6.07, 6.45) is 4.54. The molecule has 0 radical (unpaired) electrons. The van der Waals surface area contributed by atoms with Crippen LogP contribution in [0.4, 0.5) is 0 Å². The normalized spacial score (nSPS) is 18.5. The van der Waals surface area contributed by atoms with Crippen molar-refractivity contribution in [3.63, 3.8) is 0 Å². The van der Waals surface area contributed by atoms with Gasteiger partial charge in [-0.25, -0.2) is 0 Å². The van der Waals surface area contributed by atoms with Gasteiger partial charge in [0.1, 0.15) is 0 Å². The molecule has 0 saturated carbocycles. The average molecular weight is 281 g/mol. The Labute approximate surface area is 104 Å². The molecule has 2 heteroatoms. The van der Waals surface area contributed by atoms with E-state index in [9.17, 15) is 0 Å². The van der Waals surface area contributed by atoms with Crippen LogP contribution in [0, 0.1) is 0 Å². The van der Waals surface area contributed by atoms with Crippen LogP contribution in [0.2, 0.25) is 0 Å². The van der Waals surface area contributed by atoms with Gasteiger partial charge in [-0.2, -0.15) is 0 Å². The first-order chi connectivity index (χ1) is 7.78. The summed E-state index contributed by atoms with van der Waals surface area (Å²) in [5, 5.41) is 0. The van der Waals surface area contributed by atoms with E-state index < -0.39 is 0 Å². The molecule has 0 atom stereocenters. The van der Waals surface area contributed by atoms with Gasteiger partial charge in [-0.05, 0) is 0 Å². The zero-order valence-corrected chi connectivity index (χ0v) is 11.6. The van der Waals surface area contributed by atoms with Gasteiger partial charge in [0.05, 0.1) is 0 Å². The Morgan fingerprint density at radius 3 is 2.44 bits per heavy atom. The zero-order chi connectivity index (χ0) is 11.4. The molecule has 0 fully saturated rings. The standard InChI is InChI=1S/C14H18OSe/c1-3-14(4-2)10-13(11-15-14)16-12-8-6-5-7-9-12/h5-10H,3-4,11H2,1-2H3. The topological polar surface area (TPSA) is 9.23 Å². The van der Waals surface area contributed by atoms with Crippen molar-refractivity contribution in [2.24, 2.45) is 0 Å². The number of hydrogen-bond acceptors (Lipinski definition) is 1. The Bertz CT molecular complexity index is 366. The van der Waals surface area contributed by atoms with E-state index in [-0.39, 0.29) is 5.60 Å². The molecule has 0 bridgehead atoms. The first-order valence-electron chi connectivity index (χ1n) is 5.86. The third kappa shape index (κ3) is 2.57. The fourth-order valence-corrected chi connectivity index (χ4v) is 4.02. The van der Waals surface area contributed by atoms with Crippen LogP contribution in [-0.4, -0.2) is 27.2 Å². The van der Waals surface area contributed by atoms with Gasteiger partial charge < -0.3 is 0 Å². The molecule has 1 aliphatic heterocycles. The first-order valence-corrected chi connectivity index (χ1v) is 7.58. The summed E-state index contributed by atoms with van der Waals surface area (Å²) in [5.41, 5.74) is 0.0336. The number of hydrogen-bond donors (Lipinski definition) is 0. The molecule has 2 rings (SSSR count). The molecular weight excluding hydrogens is 263 g/mol. The maximum atomic E-state index is 5.95. The SMILES string of the molecule is CCC1(CC)C=C([Se]c2ccccc2)CO1. The second-order valence-corrected chi connectivity index (χ2v) is 6.60. The van der Waals surface area contributed by atoms with E-state index in [1.54, 1.807) is 0 Å². The molecule has 1 aromatic carbocycles. The third-order valence-corrected chi connectivity index (χ3v) is 5.23. The van der Waals surface area contributed by atoms with E-state index in [1.165, 1.54) is 8.93 Å². The van der Waals surface area contributed by atoms with Crippen molar-refractivity contribution < 1.29 is 4.74 Å². The average Bonchev–Trinajstić information content (AvgIpc) is 2.75. The first kappa shape index (κ1) is 11.9. The van der Waals surface area contributed by atoms with Crippen LogP contribution in [0.25, 0.3) is 0 Å². The maximum absolute atomic E-state index is 5.95. The van der Waals surface area contributed by atoms with Crippen molar-refractivity contribution in [2.45, 2.75) is 32.3 Å². The van der Waals surface area contributed by atoms with E-state index in [2.05, 4.69) is 50.3 Å². The molecule has 0 aromatic heterocycles. The number of ether oxygens (including phenoxy) is 1. The summed E-state index contributed by atoms with van der Waals surface area (Å²) in [5.74, 6) is 0. The molecule has 16 heavy (non-hydrogen) atoms. The van der Waals surface area contributed by atoms with E-state index in [1.807, 2.05) is 0 Å². The minimum atomic E-state index is 0.0336. The van der Waals surface area contributed by atoms with Gasteiger partial charge in [-0.15, -0.1) is 0 Å². The molecule has 1 aliphatic rings. The molecule has 1 aromatic rings. The Hall–Kier alpha value is -0.561. The third-order valence-electron chi connectivity index (χ3n) is 3.11. The monoisotopic (exact) mass is 282 g/mol. The summed E-state index contributed by atoms with van der Waals surface area (Å²) < 4.78 is 8.87. The zero-order valence-electron chi connectivity index (χ0n) is 9.90. The molecule has 0 spiro atoms. The van der Waals surface area contributed by atoms with Crippen LogP contribution in [0.1, 0.15) is 26.7 Å². The fourth-order valence-electron chi connectivity index (χ4n) is 1.95. The number of benzene rings is 1. The van der Waals surface area contributed by atoms with E-state index in [4.69, 9.17) is 4.74 Å². The van der Waals surface area contributed by atoms with Gasteiger partial charge in [0.25, 0.3) is 0 Å². The predicted octanol–water partition coefficient (Wildman–Crippen LogP) is 2.49. The summed E-state index contributed by atoms with van der Waals surface area (Å²) in [7, 11) is 0. The molecule has 1 heterocycles. The second-order valence-electron chi connectivity index (χ2n) is 4.09. The van der Waals surface area contributed by atoms with Crippen LogP contribution in [0.15, 0.2) is 40.9 Å². The van der Waals surface area contributed by atoms with Gasteiger partial charge in [0.15, 0.2) is 0 Å². The summed E-state index contributed by atoms with van der Waals surface area (Å²) >= 11 is 0.438. The van der Waals surface area contributed by atoms with Crippen molar-refractivity contribution in [2.75, 3.05) is 6.61 Å². The Morgan fingerprint density at radius 1 is 1.19 bits per heavy atom. The Kier molecular flexibility index (Phi) is 3.86. The fraction of sp³-hybridized carbons (Fsp3) is 0.429. The molecule has 86 valence electrons.